The lowest BCUT2D eigenvalue weighted by molar-refractivity contribution is -0.140. The Morgan fingerprint density at radius 1 is 1.32 bits per heavy atom. The molecule has 0 spiro atoms. The molecule has 0 aliphatic rings. The van der Waals surface area contributed by atoms with Crippen LogP contribution < -0.4 is 0 Å². The molecule has 2 aromatic rings. The molecule has 0 unspecified atom stereocenters. The monoisotopic (exact) mass is 262 g/mol. The summed E-state index contributed by atoms with van der Waals surface area (Å²) in [4.78, 5) is 24.6. The lowest BCUT2D eigenvalue weighted by Gasteiger charge is -2.16. The fourth-order valence-electron chi connectivity index (χ4n) is 1.66. The van der Waals surface area contributed by atoms with Gasteiger partial charge in [-0.2, -0.15) is 15.4 Å². The number of aromatic nitrogens is 3. The molecular formula is C12H14N4O3. The zero-order valence-corrected chi connectivity index (χ0v) is 10.7. The van der Waals surface area contributed by atoms with Crippen molar-refractivity contribution in [2.75, 3.05) is 20.7 Å². The third kappa shape index (κ3) is 2.87. The molecule has 0 atom stereocenters. The van der Waals surface area contributed by atoms with Crippen molar-refractivity contribution in [2.45, 2.75) is 6.42 Å². The Morgan fingerprint density at radius 3 is 2.79 bits per heavy atom. The molecule has 0 saturated heterocycles. The van der Waals surface area contributed by atoms with Crippen molar-refractivity contribution >= 4 is 22.9 Å². The first-order chi connectivity index (χ1) is 9.11. The molecule has 0 aliphatic carbocycles. The van der Waals surface area contributed by atoms with E-state index in [1.807, 2.05) is 0 Å². The summed E-state index contributed by atoms with van der Waals surface area (Å²) in [5.41, 5.74) is 1.84. The smallest absolute Gasteiger partial charge is 0.307 e. The Balaban J connectivity index is 2.07. The molecule has 0 radical (unpaired) electrons. The van der Waals surface area contributed by atoms with Crippen LogP contribution >= 0.6 is 0 Å². The summed E-state index contributed by atoms with van der Waals surface area (Å²) >= 11 is 0. The van der Waals surface area contributed by atoms with Gasteiger partial charge in [-0.05, 0) is 18.2 Å². The average molecular weight is 262 g/mol. The van der Waals surface area contributed by atoms with Gasteiger partial charge in [-0.25, -0.2) is 0 Å². The van der Waals surface area contributed by atoms with E-state index in [-0.39, 0.29) is 18.3 Å². The van der Waals surface area contributed by atoms with Crippen LogP contribution in [0.5, 0.6) is 0 Å². The maximum Gasteiger partial charge on any atom is 0.307 e. The van der Waals surface area contributed by atoms with Gasteiger partial charge in [0.1, 0.15) is 11.0 Å². The summed E-state index contributed by atoms with van der Waals surface area (Å²) in [6.07, 6.45) is 0.172. The Kier molecular flexibility index (Phi) is 3.74. The van der Waals surface area contributed by atoms with Gasteiger partial charge in [0, 0.05) is 19.2 Å². The molecule has 0 bridgehead atoms. The van der Waals surface area contributed by atoms with Crippen LogP contribution in [0.4, 0.5) is 0 Å². The number of methoxy groups -OCH3 is 1. The summed E-state index contributed by atoms with van der Waals surface area (Å²) < 4.78 is 4.53. The van der Waals surface area contributed by atoms with Gasteiger partial charge in [0.15, 0.2) is 0 Å². The van der Waals surface area contributed by atoms with Crippen molar-refractivity contribution in [3.8, 4) is 0 Å². The largest absolute Gasteiger partial charge is 0.469 e. The number of carbonyl (C=O) groups excluding carboxylic acids is 2. The highest BCUT2D eigenvalue weighted by molar-refractivity contribution is 5.97. The first kappa shape index (κ1) is 13.0. The highest BCUT2D eigenvalue weighted by Gasteiger charge is 2.14. The first-order valence-corrected chi connectivity index (χ1v) is 5.74. The van der Waals surface area contributed by atoms with Crippen molar-refractivity contribution < 1.29 is 14.3 Å². The van der Waals surface area contributed by atoms with Crippen molar-refractivity contribution in [1.82, 2.24) is 20.3 Å². The van der Waals surface area contributed by atoms with Gasteiger partial charge < -0.3 is 9.64 Å². The molecule has 19 heavy (non-hydrogen) atoms. The van der Waals surface area contributed by atoms with Crippen molar-refractivity contribution in [1.29, 1.82) is 0 Å². The third-order valence-electron chi connectivity index (χ3n) is 2.79. The van der Waals surface area contributed by atoms with E-state index >= 15 is 0 Å². The predicted octanol–water partition coefficient (Wildman–Crippen LogP) is 0.593. The Morgan fingerprint density at radius 2 is 2.05 bits per heavy atom. The second-order valence-corrected chi connectivity index (χ2v) is 4.08. The number of H-pyrrole nitrogens is 1. The molecule has 1 aromatic carbocycles. The van der Waals surface area contributed by atoms with E-state index in [0.29, 0.717) is 23.1 Å². The summed E-state index contributed by atoms with van der Waals surface area (Å²) in [5.74, 6) is -0.514. The standard InChI is InChI=1S/C12H14N4O3/c1-16(6-5-11(17)19-2)12(18)8-3-4-9-10(7-8)14-15-13-9/h3-4,7H,5-6H2,1-2H3,(H,13,14,15). The fourth-order valence-corrected chi connectivity index (χ4v) is 1.66. The van der Waals surface area contributed by atoms with E-state index in [9.17, 15) is 9.59 Å². The quantitative estimate of drug-likeness (QED) is 0.815. The van der Waals surface area contributed by atoms with Crippen LogP contribution in [0.1, 0.15) is 16.8 Å². The number of ether oxygens (including phenoxy) is 1. The highest BCUT2D eigenvalue weighted by Crippen LogP contribution is 2.12. The minimum atomic E-state index is -0.341. The molecule has 1 amide bonds. The topological polar surface area (TPSA) is 88.2 Å². The second kappa shape index (κ2) is 5.47. The number of nitrogens with one attached hydrogen (secondary N) is 1. The average Bonchev–Trinajstić information content (AvgIpc) is 2.90. The molecule has 7 nitrogen and oxygen atoms in total. The van der Waals surface area contributed by atoms with E-state index in [0.717, 1.165) is 0 Å². The van der Waals surface area contributed by atoms with Crippen LogP contribution in [0.3, 0.4) is 0 Å². The number of benzene rings is 1. The molecule has 0 saturated carbocycles. The number of nitrogens with zero attached hydrogens (tertiary/aromatic N) is 3. The van der Waals surface area contributed by atoms with Gasteiger partial charge in [0.05, 0.1) is 13.5 Å². The predicted molar refractivity (Wildman–Crippen MR) is 67.5 cm³/mol. The number of rotatable bonds is 4. The Bertz CT molecular complexity index is 608. The summed E-state index contributed by atoms with van der Waals surface area (Å²) in [6, 6.07) is 5.07. The molecule has 1 aromatic heterocycles. The van der Waals surface area contributed by atoms with Gasteiger partial charge in [-0.15, -0.1) is 0 Å². The van der Waals surface area contributed by atoms with E-state index in [2.05, 4.69) is 20.1 Å². The van der Waals surface area contributed by atoms with Crippen molar-refractivity contribution in [2.24, 2.45) is 0 Å². The molecule has 1 N–H and O–H groups in total. The van der Waals surface area contributed by atoms with Gasteiger partial charge in [-0.1, -0.05) is 0 Å². The maximum absolute atomic E-state index is 12.1. The fraction of sp³-hybridized carbons (Fsp3) is 0.333. The molecular weight excluding hydrogens is 248 g/mol. The van der Waals surface area contributed by atoms with E-state index in [1.165, 1.54) is 12.0 Å². The van der Waals surface area contributed by atoms with E-state index in [4.69, 9.17) is 0 Å². The number of carbonyl (C=O) groups is 2. The molecule has 100 valence electrons. The van der Waals surface area contributed by atoms with Crippen LogP contribution in [0.25, 0.3) is 11.0 Å². The normalized spacial score (nSPS) is 10.4. The van der Waals surface area contributed by atoms with Crippen LogP contribution in [0, 0.1) is 0 Å². The van der Waals surface area contributed by atoms with E-state index < -0.39 is 0 Å². The SMILES string of the molecule is COC(=O)CCN(C)C(=O)c1ccc2n[nH]nc2c1. The first-order valence-electron chi connectivity index (χ1n) is 5.74. The third-order valence-corrected chi connectivity index (χ3v) is 2.79. The minimum Gasteiger partial charge on any atom is -0.469 e. The van der Waals surface area contributed by atoms with Crippen LogP contribution in [0.2, 0.25) is 0 Å². The number of hydrogen-bond donors (Lipinski definition) is 1. The Hall–Kier alpha value is -2.44. The summed E-state index contributed by atoms with van der Waals surface area (Å²) in [5, 5.41) is 10.3. The second-order valence-electron chi connectivity index (χ2n) is 4.08. The Labute approximate surface area is 109 Å². The molecule has 2 rings (SSSR count). The van der Waals surface area contributed by atoms with Gasteiger partial charge >= 0.3 is 5.97 Å². The molecule has 1 heterocycles. The van der Waals surface area contributed by atoms with Crippen LogP contribution in [0.15, 0.2) is 18.2 Å². The number of fused-ring (bicyclic) bond motifs is 1. The highest BCUT2D eigenvalue weighted by atomic mass is 16.5. The molecule has 0 aliphatic heterocycles. The number of esters is 1. The van der Waals surface area contributed by atoms with Gasteiger partial charge in [-0.3, -0.25) is 9.59 Å². The van der Waals surface area contributed by atoms with Crippen LogP contribution in [-0.4, -0.2) is 52.9 Å². The molecule has 0 fully saturated rings. The lowest BCUT2D eigenvalue weighted by Crippen LogP contribution is -2.29. The van der Waals surface area contributed by atoms with Crippen molar-refractivity contribution in [3.05, 3.63) is 23.8 Å². The van der Waals surface area contributed by atoms with E-state index in [1.54, 1.807) is 25.2 Å². The van der Waals surface area contributed by atoms with Crippen molar-refractivity contribution in [3.63, 3.8) is 0 Å². The summed E-state index contributed by atoms with van der Waals surface area (Å²) in [6.45, 7) is 0.308. The number of amides is 1. The van der Waals surface area contributed by atoms with Crippen LogP contribution in [-0.2, 0) is 9.53 Å². The zero-order valence-electron chi connectivity index (χ0n) is 10.7. The van der Waals surface area contributed by atoms with Gasteiger partial charge in [0.2, 0.25) is 0 Å². The summed E-state index contributed by atoms with van der Waals surface area (Å²) in [7, 11) is 2.96. The number of hydrogen-bond acceptors (Lipinski definition) is 5. The lowest BCUT2D eigenvalue weighted by atomic mass is 10.1. The molecule has 7 heteroatoms. The number of aromatic amines is 1. The minimum absolute atomic E-state index is 0.172. The van der Waals surface area contributed by atoms with Gasteiger partial charge in [0.25, 0.3) is 5.91 Å². The maximum atomic E-state index is 12.1. The zero-order chi connectivity index (χ0) is 13.8.